The summed E-state index contributed by atoms with van der Waals surface area (Å²) >= 11 is 0. The molecule has 3 heteroatoms. The summed E-state index contributed by atoms with van der Waals surface area (Å²) in [5.41, 5.74) is 6.33. The molecule has 0 amide bonds. The number of rotatable bonds is 8. The van der Waals surface area contributed by atoms with Gasteiger partial charge in [-0.1, -0.05) is 13.3 Å². The zero-order valence-corrected chi connectivity index (χ0v) is 9.95. The van der Waals surface area contributed by atoms with Crippen molar-refractivity contribution >= 4 is 5.69 Å². The van der Waals surface area contributed by atoms with E-state index in [4.69, 9.17) is 15.2 Å². The van der Waals surface area contributed by atoms with E-state index in [9.17, 15) is 0 Å². The summed E-state index contributed by atoms with van der Waals surface area (Å²) in [7, 11) is 0. The fourth-order valence-electron chi connectivity index (χ4n) is 1.26. The van der Waals surface area contributed by atoms with E-state index in [0.717, 1.165) is 37.5 Å². The normalized spacial score (nSPS) is 10.3. The van der Waals surface area contributed by atoms with E-state index in [1.54, 1.807) is 0 Å². The molecule has 90 valence electrons. The summed E-state index contributed by atoms with van der Waals surface area (Å²) in [5.74, 6) is 0.864. The monoisotopic (exact) mass is 223 g/mol. The van der Waals surface area contributed by atoms with Gasteiger partial charge in [0.05, 0.1) is 6.61 Å². The van der Waals surface area contributed by atoms with Crippen LogP contribution in [0.15, 0.2) is 24.3 Å². The molecule has 3 nitrogen and oxygen atoms in total. The Labute approximate surface area is 97.6 Å². The number of anilines is 1. The van der Waals surface area contributed by atoms with E-state index in [0.29, 0.717) is 6.61 Å². The Morgan fingerprint density at radius 3 is 2.38 bits per heavy atom. The molecular weight excluding hydrogens is 202 g/mol. The lowest BCUT2D eigenvalue weighted by Crippen LogP contribution is -2.03. The molecule has 0 radical (unpaired) electrons. The summed E-state index contributed by atoms with van der Waals surface area (Å²) in [6, 6.07) is 7.45. The molecule has 0 aliphatic rings. The van der Waals surface area contributed by atoms with Crippen LogP contribution in [0.3, 0.4) is 0 Å². The molecule has 0 fully saturated rings. The van der Waals surface area contributed by atoms with Gasteiger partial charge < -0.3 is 15.2 Å². The van der Waals surface area contributed by atoms with Crippen LogP contribution in [-0.4, -0.2) is 19.8 Å². The highest BCUT2D eigenvalue weighted by Gasteiger charge is 1.93. The smallest absolute Gasteiger partial charge is 0.119 e. The standard InChI is InChI=1S/C13H21NO2/c1-2-3-9-15-10-4-11-16-13-7-5-12(14)6-8-13/h5-8H,2-4,9-11,14H2,1H3. The zero-order chi connectivity index (χ0) is 11.6. The Kier molecular flexibility index (Phi) is 6.42. The van der Waals surface area contributed by atoms with Crippen molar-refractivity contribution < 1.29 is 9.47 Å². The van der Waals surface area contributed by atoms with Gasteiger partial charge in [-0.2, -0.15) is 0 Å². The van der Waals surface area contributed by atoms with Gasteiger partial charge in [-0.25, -0.2) is 0 Å². The molecule has 1 aromatic carbocycles. The van der Waals surface area contributed by atoms with Crippen molar-refractivity contribution in [2.45, 2.75) is 26.2 Å². The minimum atomic E-state index is 0.691. The van der Waals surface area contributed by atoms with Crippen molar-refractivity contribution in [3.8, 4) is 5.75 Å². The van der Waals surface area contributed by atoms with Gasteiger partial charge in [-0.05, 0) is 30.7 Å². The van der Waals surface area contributed by atoms with Crippen LogP contribution in [0.4, 0.5) is 5.69 Å². The van der Waals surface area contributed by atoms with Crippen LogP contribution in [0.5, 0.6) is 5.75 Å². The molecule has 0 unspecified atom stereocenters. The molecule has 1 rings (SSSR count). The Morgan fingerprint density at radius 1 is 1.00 bits per heavy atom. The molecule has 0 saturated carbocycles. The average molecular weight is 223 g/mol. The van der Waals surface area contributed by atoms with Gasteiger partial charge in [-0.15, -0.1) is 0 Å². The van der Waals surface area contributed by atoms with Gasteiger partial charge >= 0.3 is 0 Å². The second kappa shape index (κ2) is 7.99. The minimum Gasteiger partial charge on any atom is -0.494 e. The van der Waals surface area contributed by atoms with Gasteiger partial charge in [0.25, 0.3) is 0 Å². The number of ether oxygens (including phenoxy) is 2. The van der Waals surface area contributed by atoms with E-state index in [2.05, 4.69) is 6.92 Å². The third kappa shape index (κ3) is 5.61. The van der Waals surface area contributed by atoms with Crippen LogP contribution in [0.2, 0.25) is 0 Å². The van der Waals surface area contributed by atoms with Crippen LogP contribution >= 0.6 is 0 Å². The Morgan fingerprint density at radius 2 is 1.69 bits per heavy atom. The first-order valence-electron chi connectivity index (χ1n) is 5.89. The zero-order valence-electron chi connectivity index (χ0n) is 9.95. The molecule has 0 heterocycles. The quantitative estimate of drug-likeness (QED) is 0.544. The van der Waals surface area contributed by atoms with Crippen molar-refractivity contribution in [3.63, 3.8) is 0 Å². The summed E-state index contributed by atoms with van der Waals surface area (Å²) in [6.45, 7) is 4.48. The number of unbranched alkanes of at least 4 members (excludes halogenated alkanes) is 1. The maximum absolute atomic E-state index is 5.57. The fraction of sp³-hybridized carbons (Fsp3) is 0.538. The van der Waals surface area contributed by atoms with Crippen molar-refractivity contribution in [2.75, 3.05) is 25.6 Å². The number of nitrogens with two attached hydrogens (primary N) is 1. The van der Waals surface area contributed by atoms with E-state index in [1.807, 2.05) is 24.3 Å². The lowest BCUT2D eigenvalue weighted by molar-refractivity contribution is 0.117. The fourth-order valence-corrected chi connectivity index (χ4v) is 1.26. The van der Waals surface area contributed by atoms with Gasteiger partial charge in [-0.3, -0.25) is 0 Å². The second-order valence-corrected chi connectivity index (χ2v) is 3.74. The molecule has 2 N–H and O–H groups in total. The lowest BCUT2D eigenvalue weighted by Gasteiger charge is -2.06. The molecule has 0 aromatic heterocycles. The van der Waals surface area contributed by atoms with E-state index >= 15 is 0 Å². The third-order valence-electron chi connectivity index (χ3n) is 2.22. The molecule has 0 spiro atoms. The van der Waals surface area contributed by atoms with E-state index in [1.165, 1.54) is 6.42 Å². The number of nitrogen functional groups attached to an aromatic ring is 1. The van der Waals surface area contributed by atoms with Gasteiger partial charge in [0, 0.05) is 25.3 Å². The maximum Gasteiger partial charge on any atom is 0.119 e. The average Bonchev–Trinajstić information content (AvgIpc) is 2.30. The predicted octanol–water partition coefficient (Wildman–Crippen LogP) is 2.85. The maximum atomic E-state index is 5.57. The number of hydrogen-bond donors (Lipinski definition) is 1. The Bertz CT molecular complexity index is 272. The highest BCUT2D eigenvalue weighted by atomic mass is 16.5. The Balaban J connectivity index is 2.01. The minimum absolute atomic E-state index is 0.691. The van der Waals surface area contributed by atoms with Crippen molar-refractivity contribution in [1.29, 1.82) is 0 Å². The molecule has 0 aliphatic heterocycles. The molecule has 0 aliphatic carbocycles. The first kappa shape index (κ1) is 12.8. The SMILES string of the molecule is CCCCOCCCOc1ccc(N)cc1. The summed E-state index contributed by atoms with van der Waals surface area (Å²) < 4.78 is 11.0. The van der Waals surface area contributed by atoms with Crippen molar-refractivity contribution in [2.24, 2.45) is 0 Å². The van der Waals surface area contributed by atoms with Crippen LogP contribution in [0.25, 0.3) is 0 Å². The highest BCUT2D eigenvalue weighted by Crippen LogP contribution is 2.12. The Hall–Kier alpha value is -1.22. The third-order valence-corrected chi connectivity index (χ3v) is 2.22. The van der Waals surface area contributed by atoms with Crippen LogP contribution in [0.1, 0.15) is 26.2 Å². The van der Waals surface area contributed by atoms with Crippen molar-refractivity contribution in [1.82, 2.24) is 0 Å². The van der Waals surface area contributed by atoms with Crippen LogP contribution in [0, 0.1) is 0 Å². The van der Waals surface area contributed by atoms with Crippen LogP contribution < -0.4 is 10.5 Å². The van der Waals surface area contributed by atoms with E-state index < -0.39 is 0 Å². The van der Waals surface area contributed by atoms with Gasteiger partial charge in [0.15, 0.2) is 0 Å². The largest absolute Gasteiger partial charge is 0.494 e. The molecule has 0 saturated heterocycles. The highest BCUT2D eigenvalue weighted by molar-refractivity contribution is 5.41. The van der Waals surface area contributed by atoms with Gasteiger partial charge in [0.2, 0.25) is 0 Å². The van der Waals surface area contributed by atoms with Crippen LogP contribution in [-0.2, 0) is 4.74 Å². The molecule has 16 heavy (non-hydrogen) atoms. The lowest BCUT2D eigenvalue weighted by atomic mass is 10.3. The number of benzene rings is 1. The molecular formula is C13H21NO2. The first-order valence-corrected chi connectivity index (χ1v) is 5.89. The first-order chi connectivity index (χ1) is 7.83. The van der Waals surface area contributed by atoms with Gasteiger partial charge in [0.1, 0.15) is 5.75 Å². The molecule has 0 atom stereocenters. The van der Waals surface area contributed by atoms with Crippen molar-refractivity contribution in [3.05, 3.63) is 24.3 Å². The molecule has 0 bridgehead atoms. The summed E-state index contributed by atoms with van der Waals surface area (Å²) in [5, 5.41) is 0. The predicted molar refractivity (Wildman–Crippen MR) is 66.7 cm³/mol. The summed E-state index contributed by atoms with van der Waals surface area (Å²) in [6.07, 6.45) is 3.24. The summed E-state index contributed by atoms with van der Waals surface area (Å²) in [4.78, 5) is 0. The second-order valence-electron chi connectivity index (χ2n) is 3.74. The van der Waals surface area contributed by atoms with E-state index in [-0.39, 0.29) is 0 Å². The topological polar surface area (TPSA) is 44.5 Å². The number of hydrogen-bond acceptors (Lipinski definition) is 3. The molecule has 1 aromatic rings.